The molecule has 252 valence electrons. The number of likely N-dealkylation sites (tertiary alicyclic amines) is 1. The van der Waals surface area contributed by atoms with Gasteiger partial charge in [-0.15, -0.1) is 0 Å². The molecule has 0 bridgehead atoms. The number of benzene rings is 1. The number of carbonyl (C=O) groups excluding carboxylic acids is 2. The number of amides is 1. The number of Topliss-reactive ketones (excluding diaryl/α,β-unsaturated/α-hetero) is 1. The number of rotatable bonds is 9. The van der Waals surface area contributed by atoms with Crippen LogP contribution in [0.1, 0.15) is 68.5 Å². The summed E-state index contributed by atoms with van der Waals surface area (Å²) in [6, 6.07) is -0.712. The molecule has 1 amide bonds. The van der Waals surface area contributed by atoms with Gasteiger partial charge in [-0.1, -0.05) is 19.4 Å². The zero-order valence-electron chi connectivity index (χ0n) is 23.9. The van der Waals surface area contributed by atoms with E-state index in [4.69, 9.17) is 0 Å². The summed E-state index contributed by atoms with van der Waals surface area (Å²) in [5, 5.41) is 9.72. The van der Waals surface area contributed by atoms with Gasteiger partial charge >= 0.3 is 16.4 Å². The number of halogens is 10. The molecule has 2 aromatic rings. The quantitative estimate of drug-likeness (QED) is 0.195. The number of anilines is 1. The maximum atomic E-state index is 14.4. The average molecular weight is 687 g/mol. The number of hydrogen-bond donors (Lipinski definition) is 0. The summed E-state index contributed by atoms with van der Waals surface area (Å²) in [4.78, 5) is 31.4. The Morgan fingerprint density at radius 3 is 2.22 bits per heavy atom. The van der Waals surface area contributed by atoms with Gasteiger partial charge in [0.1, 0.15) is 16.5 Å². The van der Waals surface area contributed by atoms with E-state index < -0.39 is 98.4 Å². The molecule has 3 fully saturated rings. The third kappa shape index (κ3) is 6.50. The van der Waals surface area contributed by atoms with Crippen molar-refractivity contribution in [1.29, 1.82) is 5.26 Å². The molecule has 5 rings (SSSR count). The number of nitrogens with zero attached hydrogens (tertiary/aromatic N) is 4. The molecule has 1 aromatic carbocycles. The Morgan fingerprint density at radius 1 is 1.04 bits per heavy atom. The topological polar surface area (TPSA) is 77.3 Å². The molecular weight excluding hydrogens is 658 g/mol. The smallest absolute Gasteiger partial charge is 0.297 e. The molecule has 46 heavy (non-hydrogen) atoms. The van der Waals surface area contributed by atoms with Gasteiger partial charge in [-0.05, 0) is 74.3 Å². The highest BCUT2D eigenvalue weighted by atomic mass is 32.5. The van der Waals surface area contributed by atoms with Gasteiger partial charge in [0, 0.05) is 49.5 Å². The Hall–Kier alpha value is -3.55. The molecule has 1 aliphatic heterocycles. The van der Waals surface area contributed by atoms with Crippen molar-refractivity contribution in [3.63, 3.8) is 0 Å². The van der Waals surface area contributed by atoms with Crippen LogP contribution in [0.15, 0.2) is 47.6 Å². The molecule has 2 heterocycles. The van der Waals surface area contributed by atoms with Crippen LogP contribution in [0.2, 0.25) is 0 Å². The highest BCUT2D eigenvalue weighted by Crippen LogP contribution is 3.02. The van der Waals surface area contributed by atoms with Gasteiger partial charge < -0.3 is 0 Å². The fourth-order valence-corrected chi connectivity index (χ4v) is 7.31. The second kappa shape index (κ2) is 10.5. The van der Waals surface area contributed by atoms with Crippen LogP contribution in [0.25, 0.3) is 0 Å². The summed E-state index contributed by atoms with van der Waals surface area (Å²) in [5.41, 5.74) is -4.40. The summed E-state index contributed by atoms with van der Waals surface area (Å²) in [6.07, 6.45) is -2.74. The lowest BCUT2D eigenvalue weighted by atomic mass is 9.82. The summed E-state index contributed by atoms with van der Waals surface area (Å²) in [6.45, 7) is 0.0928. The van der Waals surface area contributed by atoms with Crippen LogP contribution in [0, 0.1) is 23.3 Å². The molecule has 1 saturated heterocycles. The Bertz CT molecular complexity index is 1570. The summed E-state index contributed by atoms with van der Waals surface area (Å²) < 4.78 is 138. The molecule has 1 aromatic heterocycles. The summed E-state index contributed by atoms with van der Waals surface area (Å²) in [7, 11) is -10.2. The van der Waals surface area contributed by atoms with Crippen molar-refractivity contribution in [2.75, 3.05) is 11.4 Å². The van der Waals surface area contributed by atoms with Crippen molar-refractivity contribution < 1.29 is 51.0 Å². The molecule has 6 nitrogen and oxygen atoms in total. The first-order chi connectivity index (χ1) is 21.1. The molecule has 3 aliphatic rings. The van der Waals surface area contributed by atoms with Crippen LogP contribution >= 0.6 is 10.2 Å². The maximum Gasteiger partial charge on any atom is 0.416 e. The van der Waals surface area contributed by atoms with Crippen LogP contribution in [-0.2, 0) is 15.8 Å². The molecular formula is C29H28F10N4O2S. The van der Waals surface area contributed by atoms with Crippen LogP contribution < -0.4 is 4.90 Å². The number of ketones is 1. The number of piperidine rings is 1. The Balaban J connectivity index is 1.63. The fraction of sp³-hybridized carbons (Fsp3) is 0.517. The van der Waals surface area contributed by atoms with Gasteiger partial charge in [0.2, 0.25) is 5.92 Å². The number of fused-ring (bicyclic) bond motifs is 1. The van der Waals surface area contributed by atoms with E-state index in [1.165, 1.54) is 0 Å². The zero-order chi connectivity index (χ0) is 34.0. The Labute approximate surface area is 257 Å². The summed E-state index contributed by atoms with van der Waals surface area (Å²) in [5.74, 6) is -5.81. The monoisotopic (exact) mass is 686 g/mol. The van der Waals surface area contributed by atoms with E-state index >= 15 is 0 Å². The first-order valence-electron chi connectivity index (χ1n) is 14.3. The normalized spacial score (nSPS) is 25.1. The number of pyridine rings is 1. The minimum Gasteiger partial charge on any atom is -0.297 e. The van der Waals surface area contributed by atoms with E-state index in [9.17, 15) is 56.2 Å². The molecule has 0 N–H and O–H groups in total. The lowest BCUT2D eigenvalue weighted by Crippen LogP contribution is -2.51. The average Bonchev–Trinajstić information content (AvgIpc) is 3.58. The summed E-state index contributed by atoms with van der Waals surface area (Å²) >= 11 is 0. The highest BCUT2D eigenvalue weighted by molar-refractivity contribution is 8.45. The highest BCUT2D eigenvalue weighted by Gasteiger charge is 2.69. The number of nitriles is 1. The second-order valence-corrected chi connectivity index (χ2v) is 14.6. The van der Waals surface area contributed by atoms with Crippen molar-refractivity contribution in [2.45, 2.75) is 79.9 Å². The largest absolute Gasteiger partial charge is 0.416 e. The second-order valence-electron chi connectivity index (χ2n) is 12.2. The molecule has 0 radical (unpaired) electrons. The minimum absolute atomic E-state index is 0.0203. The van der Waals surface area contributed by atoms with Crippen molar-refractivity contribution >= 4 is 27.6 Å². The predicted molar refractivity (Wildman–Crippen MR) is 146 cm³/mol. The number of carbonyl (C=O) groups is 2. The zero-order valence-corrected chi connectivity index (χ0v) is 24.7. The molecule has 3 atom stereocenters. The van der Waals surface area contributed by atoms with Crippen LogP contribution in [0.4, 0.5) is 47.1 Å². The van der Waals surface area contributed by atoms with Crippen LogP contribution in [-0.4, -0.2) is 39.6 Å². The van der Waals surface area contributed by atoms with Gasteiger partial charge in [-0.25, -0.2) is 8.78 Å². The first-order valence-corrected chi connectivity index (χ1v) is 16.3. The van der Waals surface area contributed by atoms with Gasteiger partial charge in [-0.2, -0.15) is 18.4 Å². The van der Waals surface area contributed by atoms with Crippen molar-refractivity contribution in [3.05, 3.63) is 53.9 Å². The van der Waals surface area contributed by atoms with Gasteiger partial charge in [0.05, 0.1) is 5.56 Å². The predicted octanol–water partition coefficient (Wildman–Crippen LogP) is 8.95. The molecule has 3 unspecified atom stereocenters. The molecule has 17 heteroatoms. The molecule has 2 aliphatic carbocycles. The van der Waals surface area contributed by atoms with Gasteiger partial charge in [-0.3, -0.25) is 24.4 Å². The molecule has 0 spiro atoms. The van der Waals surface area contributed by atoms with Gasteiger partial charge in [0.15, 0.2) is 12.0 Å². The Kier molecular flexibility index (Phi) is 7.70. The number of alkyl halides is 5. The number of hydrogen-bond acceptors (Lipinski definition) is 5. The van der Waals surface area contributed by atoms with Gasteiger partial charge in [0.25, 0.3) is 5.91 Å². The first kappa shape index (κ1) is 33.8. The van der Waals surface area contributed by atoms with Crippen LogP contribution in [0.5, 0.6) is 0 Å². The van der Waals surface area contributed by atoms with Crippen molar-refractivity contribution in [3.8, 4) is 6.19 Å². The van der Waals surface area contributed by atoms with Crippen molar-refractivity contribution in [2.24, 2.45) is 11.8 Å². The number of aromatic nitrogens is 1. The lowest BCUT2D eigenvalue weighted by molar-refractivity contribution is -0.139. The van der Waals surface area contributed by atoms with E-state index in [0.29, 0.717) is 35.7 Å². The fourth-order valence-electron chi connectivity index (χ4n) is 6.66. The van der Waals surface area contributed by atoms with E-state index in [2.05, 4.69) is 4.98 Å². The van der Waals surface area contributed by atoms with Crippen LogP contribution in [0.3, 0.4) is 0 Å². The van der Waals surface area contributed by atoms with E-state index in [-0.39, 0.29) is 44.4 Å². The lowest BCUT2D eigenvalue weighted by Gasteiger charge is -2.41. The third-order valence-electron chi connectivity index (χ3n) is 9.18. The SMILES string of the molecule is N#CN1CCC2CC21C(=O)N(c1ccc(S(F)(F)(F)(F)F)cc1)C(C(=O)CCC1CCC(F)(F)CC1)c1cnccc1C(F)(F)F. The van der Waals surface area contributed by atoms with Crippen molar-refractivity contribution in [1.82, 2.24) is 9.88 Å². The van der Waals surface area contributed by atoms with E-state index in [0.717, 1.165) is 11.1 Å². The van der Waals surface area contributed by atoms with E-state index in [1.807, 2.05) is 6.19 Å². The van der Waals surface area contributed by atoms with E-state index in [1.54, 1.807) is 0 Å². The maximum absolute atomic E-state index is 14.4. The Morgan fingerprint density at radius 2 is 1.67 bits per heavy atom. The minimum atomic E-state index is -10.2. The third-order valence-corrected chi connectivity index (χ3v) is 10.3. The standard InChI is InChI=1S/C29H28F10N4O2S/c30-27(31)11-7-18(8-12-27)1-6-24(44)25(22-16-41-13-9-23(22)29(32,33)34)43(26(45)28-15-19(28)10-14-42(28)17-40)20-2-4-21(5-3-20)46(35,36,37,38)39/h2-5,9,13,16,18-19,25H,1,6-8,10-12,14-15H2. The molecule has 2 saturated carbocycles.